The molecule has 7 rings (SSSR count). The van der Waals surface area contributed by atoms with Crippen LogP contribution in [0.4, 0.5) is 0 Å². The number of benzene rings is 4. The molecule has 0 amide bonds. The van der Waals surface area contributed by atoms with Crippen molar-refractivity contribution in [2.45, 2.75) is 43.5 Å². The van der Waals surface area contributed by atoms with Crippen LogP contribution in [0.3, 0.4) is 0 Å². The van der Waals surface area contributed by atoms with Gasteiger partial charge in [0.25, 0.3) is 0 Å². The highest BCUT2D eigenvalue weighted by Gasteiger charge is 2.38. The van der Waals surface area contributed by atoms with Gasteiger partial charge >= 0.3 is 5.97 Å². The Labute approximate surface area is 291 Å². The summed E-state index contributed by atoms with van der Waals surface area (Å²) in [5.74, 6) is -8.51. The Hall–Kier alpha value is -6.74. The quantitative estimate of drug-likeness (QED) is 0.0940. The van der Waals surface area contributed by atoms with Gasteiger partial charge in [-0.05, 0) is 64.9 Å². The zero-order chi connectivity index (χ0) is 37.3. The van der Waals surface area contributed by atoms with Crippen LogP contribution < -0.4 is 10.2 Å². The molecule has 0 fully saturated rings. The Morgan fingerprint density at radius 2 is 1.29 bits per heavy atom. The lowest BCUT2D eigenvalue weighted by atomic mass is 9.76. The van der Waals surface area contributed by atoms with Crippen LogP contribution in [0.15, 0.2) is 59.4 Å². The summed E-state index contributed by atoms with van der Waals surface area (Å²) < 4.78 is 11.9. The number of fused-ring (bicyclic) bond motifs is 3. The molecule has 15 nitrogen and oxygen atoms in total. The SMILES string of the molecule is O=C(O[C@H]1Cc2c(O)cc(O)cc2O[C@@H]1c1cc(O)c(=O)c2c(O)c(O)cc([C@H]3Cc4cc(O)cc(O)c4C[C@H]3O)c2c1)c1cc(O)c(O)c(O)c1. The molecule has 1 aliphatic carbocycles. The highest BCUT2D eigenvalue weighted by atomic mass is 16.6. The molecule has 0 bridgehead atoms. The Morgan fingerprint density at radius 1 is 0.654 bits per heavy atom. The van der Waals surface area contributed by atoms with Crippen LogP contribution >= 0.6 is 0 Å². The number of ether oxygens (including phenoxy) is 2. The molecular formula is C37H30O15. The molecule has 11 N–H and O–H groups in total. The first-order valence-electron chi connectivity index (χ1n) is 15.8. The zero-order valence-corrected chi connectivity index (χ0v) is 26.7. The van der Waals surface area contributed by atoms with Gasteiger partial charge in [-0.1, -0.05) is 0 Å². The van der Waals surface area contributed by atoms with E-state index in [4.69, 9.17) is 9.47 Å². The number of phenolic OH excluding ortho intramolecular Hbond substituents is 9. The second-order valence-corrected chi connectivity index (χ2v) is 12.8. The van der Waals surface area contributed by atoms with Crippen LogP contribution in [0.25, 0.3) is 10.8 Å². The molecule has 15 heteroatoms. The summed E-state index contributed by atoms with van der Waals surface area (Å²) in [4.78, 5) is 27.0. The molecule has 1 aliphatic heterocycles. The summed E-state index contributed by atoms with van der Waals surface area (Å²) in [7, 11) is 0. The predicted octanol–water partition coefficient (Wildman–Crippen LogP) is 3.40. The van der Waals surface area contributed by atoms with E-state index in [1.165, 1.54) is 18.2 Å². The smallest absolute Gasteiger partial charge is 0.338 e. The van der Waals surface area contributed by atoms with Gasteiger partial charge in [-0.25, -0.2) is 4.79 Å². The number of esters is 1. The molecule has 0 saturated heterocycles. The van der Waals surface area contributed by atoms with Gasteiger partial charge in [0.05, 0.1) is 17.1 Å². The van der Waals surface area contributed by atoms with Gasteiger partial charge in [-0.15, -0.1) is 0 Å². The first kappa shape index (κ1) is 33.7. The van der Waals surface area contributed by atoms with Gasteiger partial charge < -0.3 is 65.6 Å². The standard InChI is InChI=1S/C37H30O15/c38-16-1-13-2-20(25(42)10-18(13)23(40)7-16)19-11-29(46)35(49)32-21(19)3-14(4-28(45)34(32)48)36-31(12-22-24(41)8-17(39)9-30(22)51-36)52-37(50)15-5-26(43)33(47)27(44)6-15/h1,3-9,11,20,25,31,36,38-44,46-47,49H,2,10,12H2,(H,45,48)/t20-,25-,31+,36-/m1/s1. The molecule has 268 valence electrons. The highest BCUT2D eigenvalue weighted by Crippen LogP contribution is 2.47. The molecule has 0 unspecified atom stereocenters. The van der Waals surface area contributed by atoms with Crippen LogP contribution in [0, 0.1) is 0 Å². The Kier molecular flexibility index (Phi) is 7.94. The fourth-order valence-electron chi connectivity index (χ4n) is 7.03. The number of hydrogen-bond donors (Lipinski definition) is 11. The van der Waals surface area contributed by atoms with E-state index in [2.05, 4.69) is 0 Å². The Balaban J connectivity index is 1.41. The molecule has 52 heavy (non-hydrogen) atoms. The maximum absolute atomic E-state index is 13.7. The molecule has 0 saturated carbocycles. The summed E-state index contributed by atoms with van der Waals surface area (Å²) in [6.45, 7) is 0. The minimum absolute atomic E-state index is 0.00962. The predicted molar refractivity (Wildman–Crippen MR) is 179 cm³/mol. The summed E-state index contributed by atoms with van der Waals surface area (Å²) in [5.41, 5.74) is -0.525. The van der Waals surface area contributed by atoms with Crippen LogP contribution in [-0.2, 0) is 24.0 Å². The maximum Gasteiger partial charge on any atom is 0.338 e. The van der Waals surface area contributed by atoms with E-state index in [9.17, 15) is 65.8 Å². The molecule has 2 aliphatic rings. The topological polar surface area (TPSA) is 275 Å². The number of phenols is 9. The van der Waals surface area contributed by atoms with Crippen LogP contribution in [-0.4, -0.2) is 74.3 Å². The van der Waals surface area contributed by atoms with Crippen molar-refractivity contribution in [3.8, 4) is 63.2 Å². The van der Waals surface area contributed by atoms with Gasteiger partial charge in [0.15, 0.2) is 40.6 Å². The third-order valence-electron chi connectivity index (χ3n) is 9.51. The second kappa shape index (κ2) is 12.2. The first-order valence-corrected chi connectivity index (χ1v) is 15.8. The van der Waals surface area contributed by atoms with Gasteiger partial charge in [0, 0.05) is 48.1 Å². The van der Waals surface area contributed by atoms with Crippen molar-refractivity contribution < 1.29 is 70.4 Å². The van der Waals surface area contributed by atoms with Crippen LogP contribution in [0.5, 0.6) is 63.2 Å². The van der Waals surface area contributed by atoms with Crippen LogP contribution in [0.2, 0.25) is 0 Å². The summed E-state index contributed by atoms with van der Waals surface area (Å²) in [5, 5.41) is 115. The molecule has 0 spiro atoms. The normalized spacial score (nSPS) is 19.3. The van der Waals surface area contributed by atoms with E-state index in [1.807, 2.05) is 0 Å². The third-order valence-corrected chi connectivity index (χ3v) is 9.51. The lowest BCUT2D eigenvalue weighted by Gasteiger charge is -2.34. The molecule has 4 atom stereocenters. The van der Waals surface area contributed by atoms with Crippen molar-refractivity contribution in [1.29, 1.82) is 0 Å². The molecule has 1 heterocycles. The number of aromatic hydroxyl groups is 10. The van der Waals surface area contributed by atoms with E-state index in [1.54, 1.807) is 0 Å². The summed E-state index contributed by atoms with van der Waals surface area (Å²) in [6.07, 6.45) is -4.43. The molecule has 5 aromatic rings. The maximum atomic E-state index is 13.7. The fraction of sp³-hybridized carbons (Fsp3) is 0.189. The molecule has 0 radical (unpaired) electrons. The van der Waals surface area contributed by atoms with Crippen LogP contribution in [0.1, 0.15) is 50.2 Å². The van der Waals surface area contributed by atoms with E-state index >= 15 is 0 Å². The number of carbonyl (C=O) groups excluding carboxylic acids is 1. The second-order valence-electron chi connectivity index (χ2n) is 12.8. The van der Waals surface area contributed by atoms with Crippen molar-refractivity contribution in [1.82, 2.24) is 0 Å². The monoisotopic (exact) mass is 714 g/mol. The Morgan fingerprint density at radius 3 is 1.98 bits per heavy atom. The average Bonchev–Trinajstić information content (AvgIpc) is 3.20. The third kappa shape index (κ3) is 5.62. The number of aliphatic hydroxyl groups is 1. The van der Waals surface area contributed by atoms with Crippen molar-refractivity contribution in [3.63, 3.8) is 0 Å². The van der Waals surface area contributed by atoms with Crippen molar-refractivity contribution in [2.75, 3.05) is 0 Å². The summed E-state index contributed by atoms with van der Waals surface area (Å²) in [6, 6.07) is 9.81. The number of aliphatic hydroxyl groups excluding tert-OH is 1. The Bertz CT molecular complexity index is 2360. The van der Waals surface area contributed by atoms with E-state index in [0.717, 1.165) is 36.4 Å². The van der Waals surface area contributed by atoms with E-state index in [-0.39, 0.29) is 64.3 Å². The van der Waals surface area contributed by atoms with E-state index < -0.39 is 86.8 Å². The van der Waals surface area contributed by atoms with Gasteiger partial charge in [0.1, 0.15) is 34.9 Å². The van der Waals surface area contributed by atoms with E-state index in [0.29, 0.717) is 11.1 Å². The molecule has 0 aromatic heterocycles. The zero-order valence-electron chi connectivity index (χ0n) is 26.7. The molecule has 5 aromatic carbocycles. The van der Waals surface area contributed by atoms with Crippen molar-refractivity contribution in [2.24, 2.45) is 0 Å². The number of rotatable bonds is 4. The minimum atomic E-state index is -1.44. The highest BCUT2D eigenvalue weighted by molar-refractivity contribution is 5.94. The van der Waals surface area contributed by atoms with Gasteiger partial charge in [-0.2, -0.15) is 0 Å². The summed E-state index contributed by atoms with van der Waals surface area (Å²) >= 11 is 0. The first-order chi connectivity index (χ1) is 24.6. The van der Waals surface area contributed by atoms with Crippen molar-refractivity contribution in [3.05, 3.63) is 98.2 Å². The van der Waals surface area contributed by atoms with Gasteiger partial charge in [0.2, 0.25) is 5.43 Å². The lowest BCUT2D eigenvalue weighted by molar-refractivity contribution is -0.0188. The molecular weight excluding hydrogens is 684 g/mol. The van der Waals surface area contributed by atoms with Crippen molar-refractivity contribution >= 4 is 16.7 Å². The number of hydrogen-bond acceptors (Lipinski definition) is 15. The lowest BCUT2D eigenvalue weighted by Crippen LogP contribution is -2.34. The largest absolute Gasteiger partial charge is 0.508 e. The minimum Gasteiger partial charge on any atom is -0.508 e. The van der Waals surface area contributed by atoms with Gasteiger partial charge in [-0.3, -0.25) is 4.79 Å². The number of carbonyl (C=O) groups is 1. The average molecular weight is 715 g/mol. The fourth-order valence-corrected chi connectivity index (χ4v) is 7.03.